The summed E-state index contributed by atoms with van der Waals surface area (Å²) in [5, 5.41) is 6.42. The summed E-state index contributed by atoms with van der Waals surface area (Å²) in [6.45, 7) is 0.795. The van der Waals surface area contributed by atoms with E-state index in [0.717, 1.165) is 23.3 Å². The van der Waals surface area contributed by atoms with E-state index in [9.17, 15) is 35.9 Å². The smallest absolute Gasteiger partial charge is 0.301 e. The van der Waals surface area contributed by atoms with Crippen LogP contribution in [-0.2, 0) is 21.9 Å². The predicted octanol–water partition coefficient (Wildman–Crippen LogP) is 2.99. The number of alkyl halides is 6. The van der Waals surface area contributed by atoms with Gasteiger partial charge in [0.25, 0.3) is 11.8 Å². The lowest BCUT2D eigenvalue weighted by Crippen LogP contribution is -2.47. The summed E-state index contributed by atoms with van der Waals surface area (Å²) in [5.41, 5.74) is -3.47. The van der Waals surface area contributed by atoms with Crippen molar-refractivity contribution < 1.29 is 35.9 Å². The normalized spacial score (nSPS) is 15.1. The quantitative estimate of drug-likeness (QED) is 0.476. The maximum Gasteiger partial charge on any atom is 0.416 e. The van der Waals surface area contributed by atoms with Gasteiger partial charge < -0.3 is 4.90 Å². The molecule has 1 saturated heterocycles. The minimum Gasteiger partial charge on any atom is -0.301 e. The number of rotatable bonds is 5. The number of hydrazine groups is 1. The molecular formula is C20H20F6N6O2. The first-order valence-electron chi connectivity index (χ1n) is 9.91. The average Bonchev–Trinajstić information content (AvgIpc) is 3.40. The first-order chi connectivity index (χ1) is 15.8. The van der Waals surface area contributed by atoms with Crippen LogP contribution in [0.5, 0.6) is 0 Å². The van der Waals surface area contributed by atoms with Gasteiger partial charge in [0.1, 0.15) is 6.33 Å². The molecule has 8 nitrogen and oxygen atoms in total. The van der Waals surface area contributed by atoms with Gasteiger partial charge in [-0.25, -0.2) is 14.7 Å². The molecule has 2 heterocycles. The standard InChI is InChI=1S/C20H20F6N6O2/c1-29(2)11-17(34)32-6-3-5-31(32)16(33)4-7-30-12-27-18(28-30)13-8-14(19(21,22)23)10-15(9-13)20(24,25)26/h4,7-10,12H,3,5-6,11H2,1-2H3/b7-4-. The maximum atomic E-state index is 13.1. The third-order valence-corrected chi connectivity index (χ3v) is 4.75. The Morgan fingerprint density at radius 2 is 1.59 bits per heavy atom. The van der Waals surface area contributed by atoms with E-state index in [1.54, 1.807) is 19.0 Å². The van der Waals surface area contributed by atoms with Crippen molar-refractivity contribution in [2.75, 3.05) is 33.7 Å². The molecule has 1 aromatic carbocycles. The fourth-order valence-electron chi connectivity index (χ4n) is 3.24. The lowest BCUT2D eigenvalue weighted by molar-refractivity contribution is -0.155. The fraction of sp³-hybridized carbons (Fsp3) is 0.400. The molecular weight excluding hydrogens is 470 g/mol. The SMILES string of the molecule is CN(C)CC(=O)N1CCCN1C(=O)/C=C\n1cnc(-c2cc(C(F)(F)F)cc(C(F)(F)F)c2)n1. The van der Waals surface area contributed by atoms with Crippen molar-refractivity contribution in [2.45, 2.75) is 18.8 Å². The van der Waals surface area contributed by atoms with Crippen molar-refractivity contribution in [1.29, 1.82) is 0 Å². The first-order valence-corrected chi connectivity index (χ1v) is 9.91. The van der Waals surface area contributed by atoms with E-state index in [4.69, 9.17) is 0 Å². The Morgan fingerprint density at radius 1 is 1.00 bits per heavy atom. The van der Waals surface area contributed by atoms with E-state index >= 15 is 0 Å². The number of likely N-dealkylation sites (N-methyl/N-ethyl adjacent to an activating group) is 1. The third-order valence-electron chi connectivity index (χ3n) is 4.75. The number of hydrogen-bond donors (Lipinski definition) is 0. The fourth-order valence-corrected chi connectivity index (χ4v) is 3.24. The highest BCUT2D eigenvalue weighted by Gasteiger charge is 2.37. The van der Waals surface area contributed by atoms with E-state index in [0.29, 0.717) is 31.6 Å². The molecule has 1 fully saturated rings. The molecule has 1 aromatic heterocycles. The van der Waals surface area contributed by atoms with Gasteiger partial charge in [-0.1, -0.05) is 0 Å². The van der Waals surface area contributed by atoms with E-state index in [1.807, 2.05) is 0 Å². The molecule has 3 rings (SSSR count). The van der Waals surface area contributed by atoms with Gasteiger partial charge in [-0.2, -0.15) is 26.3 Å². The van der Waals surface area contributed by atoms with Gasteiger partial charge in [0.2, 0.25) is 0 Å². The Kier molecular flexibility index (Phi) is 7.00. The Bertz CT molecular complexity index is 1060. The highest BCUT2D eigenvalue weighted by Crippen LogP contribution is 2.38. The maximum absolute atomic E-state index is 13.1. The van der Waals surface area contributed by atoms with Crippen molar-refractivity contribution in [3.63, 3.8) is 0 Å². The largest absolute Gasteiger partial charge is 0.416 e. The highest BCUT2D eigenvalue weighted by atomic mass is 19.4. The Balaban J connectivity index is 1.80. The molecule has 184 valence electrons. The molecule has 0 bridgehead atoms. The summed E-state index contributed by atoms with van der Waals surface area (Å²) in [6, 6.07) is 1.04. The van der Waals surface area contributed by atoms with Crippen LogP contribution in [0.15, 0.2) is 30.6 Å². The number of carbonyl (C=O) groups is 2. The Morgan fingerprint density at radius 3 is 2.15 bits per heavy atom. The third kappa shape index (κ3) is 5.92. The zero-order valence-electron chi connectivity index (χ0n) is 18.1. The van der Waals surface area contributed by atoms with Crippen molar-refractivity contribution in [2.24, 2.45) is 0 Å². The number of amides is 2. The van der Waals surface area contributed by atoms with Crippen LogP contribution in [0.1, 0.15) is 17.5 Å². The van der Waals surface area contributed by atoms with Crippen LogP contribution in [0.2, 0.25) is 0 Å². The second-order valence-corrected chi connectivity index (χ2v) is 7.73. The molecule has 0 unspecified atom stereocenters. The average molecular weight is 490 g/mol. The van der Waals surface area contributed by atoms with Gasteiger partial charge in [-0.05, 0) is 38.7 Å². The van der Waals surface area contributed by atoms with Crippen LogP contribution < -0.4 is 0 Å². The van der Waals surface area contributed by atoms with Crippen molar-refractivity contribution in [3.05, 3.63) is 41.7 Å². The molecule has 14 heteroatoms. The molecule has 0 aliphatic carbocycles. The number of benzene rings is 1. The lowest BCUT2D eigenvalue weighted by Gasteiger charge is -2.27. The van der Waals surface area contributed by atoms with Crippen LogP contribution in [0.3, 0.4) is 0 Å². The molecule has 0 spiro atoms. The first kappa shape index (κ1) is 25.2. The summed E-state index contributed by atoms with van der Waals surface area (Å²) in [7, 11) is 3.43. The predicted molar refractivity (Wildman–Crippen MR) is 107 cm³/mol. The molecule has 2 aromatic rings. The molecule has 34 heavy (non-hydrogen) atoms. The number of carbonyl (C=O) groups excluding carboxylic acids is 2. The number of nitrogens with zero attached hydrogens (tertiary/aromatic N) is 6. The molecule has 0 atom stereocenters. The highest BCUT2D eigenvalue weighted by molar-refractivity contribution is 5.92. The summed E-state index contributed by atoms with van der Waals surface area (Å²) in [5.74, 6) is -1.20. The van der Waals surface area contributed by atoms with Gasteiger partial charge in [0.05, 0.1) is 17.7 Å². The second-order valence-electron chi connectivity index (χ2n) is 7.73. The summed E-state index contributed by atoms with van der Waals surface area (Å²) in [6.07, 6.45) is -6.17. The van der Waals surface area contributed by atoms with Crippen molar-refractivity contribution in [3.8, 4) is 11.4 Å². The van der Waals surface area contributed by atoms with E-state index < -0.39 is 40.8 Å². The van der Waals surface area contributed by atoms with Gasteiger partial charge in [-0.15, -0.1) is 5.10 Å². The van der Waals surface area contributed by atoms with Gasteiger partial charge in [-0.3, -0.25) is 14.6 Å². The van der Waals surface area contributed by atoms with Gasteiger partial charge in [0, 0.05) is 30.9 Å². The second kappa shape index (κ2) is 9.44. The van der Waals surface area contributed by atoms with Crippen LogP contribution in [0.25, 0.3) is 17.6 Å². The number of halogens is 6. The van der Waals surface area contributed by atoms with E-state index in [2.05, 4.69) is 10.1 Å². The van der Waals surface area contributed by atoms with Gasteiger partial charge >= 0.3 is 12.4 Å². The van der Waals surface area contributed by atoms with Crippen LogP contribution in [-0.4, -0.2) is 75.2 Å². The van der Waals surface area contributed by atoms with Crippen LogP contribution in [0.4, 0.5) is 26.3 Å². The minimum absolute atomic E-state index is 0.0124. The summed E-state index contributed by atoms with van der Waals surface area (Å²) < 4.78 is 79.4. The molecule has 0 radical (unpaired) electrons. The van der Waals surface area contributed by atoms with Crippen LogP contribution in [0, 0.1) is 0 Å². The lowest BCUT2D eigenvalue weighted by atomic mass is 10.0. The van der Waals surface area contributed by atoms with Crippen LogP contribution >= 0.6 is 0 Å². The zero-order valence-corrected chi connectivity index (χ0v) is 18.1. The van der Waals surface area contributed by atoms with Gasteiger partial charge in [0.15, 0.2) is 5.82 Å². The molecule has 2 amide bonds. The monoisotopic (exact) mass is 490 g/mol. The Labute approximate surface area is 190 Å². The molecule has 1 aliphatic rings. The van der Waals surface area contributed by atoms with E-state index in [1.165, 1.54) is 10.0 Å². The zero-order chi connectivity index (χ0) is 25.3. The topological polar surface area (TPSA) is 74.6 Å². The van der Waals surface area contributed by atoms with Crippen molar-refractivity contribution in [1.82, 2.24) is 29.7 Å². The number of hydrogen-bond acceptors (Lipinski definition) is 5. The summed E-state index contributed by atoms with van der Waals surface area (Å²) in [4.78, 5) is 30.2. The molecule has 0 saturated carbocycles. The number of aromatic nitrogens is 3. The minimum atomic E-state index is -5.00. The Hall–Kier alpha value is -3.42. The molecule has 0 N–H and O–H groups in total. The van der Waals surface area contributed by atoms with E-state index in [-0.39, 0.29) is 18.5 Å². The van der Waals surface area contributed by atoms with Crippen molar-refractivity contribution >= 4 is 18.0 Å². The summed E-state index contributed by atoms with van der Waals surface area (Å²) >= 11 is 0. The molecule has 1 aliphatic heterocycles.